The molecule has 0 fully saturated rings. The van der Waals surface area contributed by atoms with Crippen molar-refractivity contribution < 1.29 is 19.1 Å². The number of hydrogen-bond acceptors (Lipinski definition) is 5. The minimum absolute atomic E-state index is 0.0535. The summed E-state index contributed by atoms with van der Waals surface area (Å²) in [7, 11) is 1.23. The van der Waals surface area contributed by atoms with Gasteiger partial charge in [-0.2, -0.15) is 0 Å². The lowest BCUT2D eigenvalue weighted by molar-refractivity contribution is -0.142. The van der Waals surface area contributed by atoms with Gasteiger partial charge in [-0.1, -0.05) is 11.6 Å². The molecule has 1 aromatic rings. The van der Waals surface area contributed by atoms with E-state index < -0.39 is 17.8 Å². The first-order valence-corrected chi connectivity index (χ1v) is 6.93. The molecule has 0 heterocycles. The number of methoxy groups -OCH3 is 1. The number of rotatable bonds is 4. The molecule has 2 amide bonds. The van der Waals surface area contributed by atoms with Gasteiger partial charge in [0.1, 0.15) is 0 Å². The predicted octanol–water partition coefficient (Wildman–Crippen LogP) is 0.929. The monoisotopic (exact) mass is 343 g/mol. The first-order chi connectivity index (χ1) is 10.4. The van der Waals surface area contributed by atoms with E-state index >= 15 is 0 Å². The molecule has 0 aliphatic carbocycles. The zero-order valence-electron chi connectivity index (χ0n) is 11.6. The zero-order chi connectivity index (χ0) is 16.5. The molecule has 118 valence electrons. The van der Waals surface area contributed by atoms with E-state index in [1.54, 1.807) is 12.1 Å². The lowest BCUT2D eigenvalue weighted by Crippen LogP contribution is -2.48. The van der Waals surface area contributed by atoms with Crippen molar-refractivity contribution in [2.45, 2.75) is 12.8 Å². The second-order valence-electron chi connectivity index (χ2n) is 4.04. The molecule has 22 heavy (non-hydrogen) atoms. The molecular formula is C13H14ClN3O4S. The highest BCUT2D eigenvalue weighted by Crippen LogP contribution is 2.08. The Balaban J connectivity index is 2.33. The number of hydrogen-bond donors (Lipinski definition) is 3. The van der Waals surface area contributed by atoms with E-state index in [2.05, 4.69) is 20.9 Å². The summed E-state index contributed by atoms with van der Waals surface area (Å²) in [5.74, 6) is -1.41. The largest absolute Gasteiger partial charge is 0.469 e. The van der Waals surface area contributed by atoms with Crippen molar-refractivity contribution in [2.24, 2.45) is 0 Å². The maximum absolute atomic E-state index is 11.7. The number of thiocarbonyl (C=S) groups is 1. The van der Waals surface area contributed by atoms with Crippen LogP contribution in [0.15, 0.2) is 24.3 Å². The molecule has 9 heteroatoms. The van der Waals surface area contributed by atoms with Crippen molar-refractivity contribution in [2.75, 3.05) is 7.11 Å². The van der Waals surface area contributed by atoms with Crippen LogP contribution in [0.1, 0.15) is 23.2 Å². The molecule has 1 rings (SSSR count). The summed E-state index contributed by atoms with van der Waals surface area (Å²) in [4.78, 5) is 34.1. The van der Waals surface area contributed by atoms with Gasteiger partial charge in [-0.05, 0) is 36.5 Å². The highest BCUT2D eigenvalue weighted by molar-refractivity contribution is 7.80. The molecule has 0 atom stereocenters. The summed E-state index contributed by atoms with van der Waals surface area (Å²) in [6.07, 6.45) is -0.123. The summed E-state index contributed by atoms with van der Waals surface area (Å²) in [5.41, 5.74) is 5.07. The first kappa shape index (κ1) is 17.9. The molecule has 1 aromatic carbocycles. The standard InChI is InChI=1S/C13H14ClN3O4S/c1-21-11(19)7-6-10(18)15-13(22)17-16-12(20)8-2-4-9(14)5-3-8/h2-5H,6-7H2,1H3,(H,16,20)(H2,15,17,18,22). The fourth-order valence-corrected chi connectivity index (χ4v) is 1.62. The molecule has 0 unspecified atom stereocenters. The average Bonchev–Trinajstić information content (AvgIpc) is 2.50. The van der Waals surface area contributed by atoms with Crippen LogP contribution in [0.3, 0.4) is 0 Å². The van der Waals surface area contributed by atoms with Crippen LogP contribution in [-0.4, -0.2) is 30.0 Å². The Hall–Kier alpha value is -2.19. The number of ether oxygens (including phenoxy) is 1. The Morgan fingerprint density at radius 3 is 2.36 bits per heavy atom. The van der Waals surface area contributed by atoms with Crippen molar-refractivity contribution in [3.8, 4) is 0 Å². The maximum Gasteiger partial charge on any atom is 0.306 e. The van der Waals surface area contributed by atoms with Gasteiger partial charge in [-0.15, -0.1) is 0 Å². The van der Waals surface area contributed by atoms with Crippen LogP contribution >= 0.6 is 23.8 Å². The van der Waals surface area contributed by atoms with Crippen LogP contribution in [0.4, 0.5) is 0 Å². The lowest BCUT2D eigenvalue weighted by atomic mass is 10.2. The van der Waals surface area contributed by atoms with Gasteiger partial charge in [0.2, 0.25) is 5.91 Å². The molecule has 7 nitrogen and oxygen atoms in total. The van der Waals surface area contributed by atoms with Crippen LogP contribution in [-0.2, 0) is 14.3 Å². The first-order valence-electron chi connectivity index (χ1n) is 6.15. The molecule has 0 aromatic heterocycles. The molecule has 0 saturated heterocycles. The van der Waals surface area contributed by atoms with Crippen LogP contribution in [0.5, 0.6) is 0 Å². The number of amides is 2. The van der Waals surface area contributed by atoms with Gasteiger partial charge in [-0.25, -0.2) is 0 Å². The Kier molecular flexibility index (Phi) is 7.27. The van der Waals surface area contributed by atoms with Gasteiger partial charge < -0.3 is 10.1 Å². The molecule has 0 saturated carbocycles. The van der Waals surface area contributed by atoms with E-state index in [1.807, 2.05) is 0 Å². The summed E-state index contributed by atoms with van der Waals surface area (Å²) in [5, 5.41) is 2.74. The molecular weight excluding hydrogens is 330 g/mol. The Bertz CT molecular complexity index is 577. The van der Waals surface area contributed by atoms with Gasteiger partial charge in [0.05, 0.1) is 13.5 Å². The fraction of sp³-hybridized carbons (Fsp3) is 0.231. The lowest BCUT2D eigenvalue weighted by Gasteiger charge is -2.10. The summed E-state index contributed by atoms with van der Waals surface area (Å²) in [6, 6.07) is 6.22. The summed E-state index contributed by atoms with van der Waals surface area (Å²) in [6.45, 7) is 0. The van der Waals surface area contributed by atoms with Crippen molar-refractivity contribution in [1.29, 1.82) is 0 Å². The molecule has 0 aliphatic rings. The van der Waals surface area contributed by atoms with Crippen LogP contribution < -0.4 is 16.2 Å². The Morgan fingerprint density at radius 1 is 1.14 bits per heavy atom. The normalized spacial score (nSPS) is 9.55. The molecule has 0 radical (unpaired) electrons. The van der Waals surface area contributed by atoms with Gasteiger partial charge in [-0.3, -0.25) is 25.2 Å². The fourth-order valence-electron chi connectivity index (χ4n) is 1.32. The third-order valence-corrected chi connectivity index (χ3v) is 2.89. The van der Waals surface area contributed by atoms with Gasteiger partial charge in [0.25, 0.3) is 5.91 Å². The topological polar surface area (TPSA) is 96.5 Å². The van der Waals surface area contributed by atoms with Crippen LogP contribution in [0, 0.1) is 0 Å². The number of hydrazine groups is 1. The van der Waals surface area contributed by atoms with Crippen LogP contribution in [0.25, 0.3) is 0 Å². The third-order valence-electron chi connectivity index (χ3n) is 2.43. The number of benzene rings is 1. The van der Waals surface area contributed by atoms with Crippen molar-refractivity contribution in [3.05, 3.63) is 34.9 Å². The van der Waals surface area contributed by atoms with Crippen molar-refractivity contribution >= 4 is 46.7 Å². The number of carbonyl (C=O) groups is 3. The minimum Gasteiger partial charge on any atom is -0.469 e. The Labute approximate surface area is 137 Å². The Morgan fingerprint density at radius 2 is 1.77 bits per heavy atom. The highest BCUT2D eigenvalue weighted by atomic mass is 35.5. The summed E-state index contributed by atoms with van der Waals surface area (Å²) < 4.78 is 4.41. The van der Waals surface area contributed by atoms with E-state index in [0.29, 0.717) is 10.6 Å². The smallest absolute Gasteiger partial charge is 0.306 e. The average molecular weight is 344 g/mol. The van der Waals surface area contributed by atoms with Gasteiger partial charge in [0.15, 0.2) is 5.11 Å². The predicted molar refractivity (Wildman–Crippen MR) is 84.0 cm³/mol. The number of nitrogens with one attached hydrogen (secondary N) is 3. The summed E-state index contributed by atoms with van der Waals surface area (Å²) >= 11 is 10.5. The number of esters is 1. The maximum atomic E-state index is 11.7. The molecule has 0 aliphatic heterocycles. The van der Waals surface area contributed by atoms with Gasteiger partial charge in [0, 0.05) is 17.0 Å². The quantitative estimate of drug-likeness (QED) is 0.427. The SMILES string of the molecule is COC(=O)CCC(=O)NC(=S)NNC(=O)c1ccc(Cl)cc1. The van der Waals surface area contributed by atoms with E-state index in [1.165, 1.54) is 19.2 Å². The van der Waals surface area contributed by atoms with Gasteiger partial charge >= 0.3 is 5.97 Å². The van der Waals surface area contributed by atoms with E-state index in [4.69, 9.17) is 23.8 Å². The van der Waals surface area contributed by atoms with E-state index in [0.717, 1.165) is 0 Å². The molecule has 0 bridgehead atoms. The number of carbonyl (C=O) groups excluding carboxylic acids is 3. The molecule has 0 spiro atoms. The van der Waals surface area contributed by atoms with E-state index in [-0.39, 0.29) is 18.0 Å². The van der Waals surface area contributed by atoms with Crippen molar-refractivity contribution in [1.82, 2.24) is 16.2 Å². The van der Waals surface area contributed by atoms with Crippen LogP contribution in [0.2, 0.25) is 5.02 Å². The second kappa shape index (κ2) is 8.96. The molecule has 3 N–H and O–H groups in total. The van der Waals surface area contributed by atoms with E-state index in [9.17, 15) is 14.4 Å². The second-order valence-corrected chi connectivity index (χ2v) is 4.88. The minimum atomic E-state index is -0.495. The number of halogens is 1. The van der Waals surface area contributed by atoms with Crippen molar-refractivity contribution in [3.63, 3.8) is 0 Å². The third kappa shape index (κ3) is 6.51. The highest BCUT2D eigenvalue weighted by Gasteiger charge is 2.09. The zero-order valence-corrected chi connectivity index (χ0v) is 13.2.